The molecule has 1 aliphatic rings. The van der Waals surface area contributed by atoms with Crippen LogP contribution in [0.3, 0.4) is 0 Å². The van der Waals surface area contributed by atoms with Crippen molar-refractivity contribution in [3.8, 4) is 5.75 Å². The van der Waals surface area contributed by atoms with Crippen LogP contribution in [-0.4, -0.2) is 28.2 Å². The molecule has 2 N–H and O–H groups in total. The minimum atomic E-state index is -0.313. The maximum atomic E-state index is 12.3. The number of carbonyl (C=O) groups excluding carboxylic acids is 2. The quantitative estimate of drug-likeness (QED) is 0.872. The zero-order valence-electron chi connectivity index (χ0n) is 12.3. The van der Waals surface area contributed by atoms with Crippen LogP contribution in [0.4, 0.5) is 0 Å². The molecule has 122 valence electrons. The van der Waals surface area contributed by atoms with Crippen molar-refractivity contribution in [3.05, 3.63) is 69.1 Å². The summed E-state index contributed by atoms with van der Waals surface area (Å²) in [7, 11) is 0. The van der Waals surface area contributed by atoms with Crippen molar-refractivity contribution in [1.29, 1.82) is 0 Å². The van der Waals surface area contributed by atoms with Crippen LogP contribution in [0.15, 0.2) is 42.2 Å². The van der Waals surface area contributed by atoms with Crippen molar-refractivity contribution in [2.75, 3.05) is 6.54 Å². The van der Waals surface area contributed by atoms with Crippen LogP contribution in [0.5, 0.6) is 5.75 Å². The lowest BCUT2D eigenvalue weighted by Gasteiger charge is -2.15. The van der Waals surface area contributed by atoms with Crippen molar-refractivity contribution in [2.24, 2.45) is 0 Å². The number of carbonyl (C=O) groups is 2. The molecule has 24 heavy (non-hydrogen) atoms. The second-order valence-corrected chi connectivity index (χ2v) is 6.05. The minimum Gasteiger partial charge on any atom is -0.505 e. The molecule has 1 aromatic carbocycles. The van der Waals surface area contributed by atoms with E-state index < -0.39 is 0 Å². The van der Waals surface area contributed by atoms with Gasteiger partial charge in [0.1, 0.15) is 5.69 Å². The molecule has 1 heterocycles. The van der Waals surface area contributed by atoms with Crippen molar-refractivity contribution < 1.29 is 14.7 Å². The highest BCUT2D eigenvalue weighted by Gasteiger charge is 2.26. The van der Waals surface area contributed by atoms with Gasteiger partial charge in [0.2, 0.25) is 5.78 Å². The fraction of sp³-hybridized carbons (Fsp3) is 0.118. The van der Waals surface area contributed by atoms with E-state index in [1.807, 2.05) is 0 Å². The topological polar surface area (TPSA) is 79.3 Å². The Bertz CT molecular complexity index is 855. The van der Waals surface area contributed by atoms with Gasteiger partial charge in [-0.2, -0.15) is 0 Å². The zero-order chi connectivity index (χ0) is 17.3. The van der Waals surface area contributed by atoms with Crippen LogP contribution in [0.1, 0.15) is 26.4 Å². The molecule has 5 nitrogen and oxygen atoms in total. The molecule has 0 fully saturated rings. The first-order valence-electron chi connectivity index (χ1n) is 7.14. The first-order chi connectivity index (χ1) is 11.5. The van der Waals surface area contributed by atoms with Crippen molar-refractivity contribution in [1.82, 2.24) is 10.3 Å². The molecular weight excluding hydrogens is 351 g/mol. The second-order valence-electron chi connectivity index (χ2n) is 5.24. The number of benzene rings is 1. The highest BCUT2D eigenvalue weighted by molar-refractivity contribution is 6.37. The number of ketones is 2. The van der Waals surface area contributed by atoms with Gasteiger partial charge < -0.3 is 10.4 Å². The number of allylic oxidation sites excluding steroid dienone is 2. The van der Waals surface area contributed by atoms with Crippen LogP contribution < -0.4 is 5.32 Å². The number of hydrogen-bond donors (Lipinski definition) is 2. The molecule has 0 atom stereocenters. The van der Waals surface area contributed by atoms with E-state index in [0.29, 0.717) is 18.5 Å². The number of fused-ring (bicyclic) bond motifs is 1. The monoisotopic (exact) mass is 362 g/mol. The van der Waals surface area contributed by atoms with Crippen molar-refractivity contribution in [3.63, 3.8) is 0 Å². The number of halogens is 2. The Labute approximate surface area is 147 Å². The van der Waals surface area contributed by atoms with Crippen LogP contribution >= 0.6 is 23.2 Å². The molecule has 1 aliphatic carbocycles. The number of Topliss-reactive ketones (excluding diaryl/α,β-unsaturated/α-hetero) is 1. The molecule has 0 saturated heterocycles. The zero-order valence-corrected chi connectivity index (χ0v) is 13.9. The third-order valence-electron chi connectivity index (χ3n) is 3.61. The number of rotatable bonds is 4. The smallest absolute Gasteiger partial charge is 0.228 e. The maximum Gasteiger partial charge on any atom is 0.228 e. The number of phenolic OH excluding ortho intramolecular Hbond substituents is 1. The molecule has 3 rings (SSSR count). The molecule has 0 radical (unpaired) electrons. The summed E-state index contributed by atoms with van der Waals surface area (Å²) >= 11 is 11.7. The Morgan fingerprint density at radius 3 is 2.58 bits per heavy atom. The van der Waals surface area contributed by atoms with Gasteiger partial charge >= 0.3 is 0 Å². The van der Waals surface area contributed by atoms with Gasteiger partial charge in [0, 0.05) is 18.8 Å². The van der Waals surface area contributed by atoms with E-state index in [4.69, 9.17) is 23.2 Å². The highest BCUT2D eigenvalue weighted by atomic mass is 35.5. The molecule has 0 aliphatic heterocycles. The summed E-state index contributed by atoms with van der Waals surface area (Å²) in [4.78, 5) is 28.4. The molecule has 0 amide bonds. The molecular formula is C17H12Cl2N2O3. The summed E-state index contributed by atoms with van der Waals surface area (Å²) in [5, 5.41) is 12.8. The lowest BCUT2D eigenvalue weighted by atomic mass is 9.97. The van der Waals surface area contributed by atoms with E-state index in [0.717, 1.165) is 5.56 Å². The summed E-state index contributed by atoms with van der Waals surface area (Å²) in [5.74, 6) is -0.726. The van der Waals surface area contributed by atoms with E-state index in [9.17, 15) is 14.7 Å². The molecule has 2 aromatic rings. The third-order valence-corrected chi connectivity index (χ3v) is 4.19. The standard InChI is InChI=1S/C17H12Cl2N2O3/c18-11-6-9(7-12(19)16(11)23)3-5-20-13-8-14(22)10-2-1-4-21-15(10)17(13)24/h1-2,4,6-8,20,23H,3,5H2. The number of pyridine rings is 1. The Balaban J connectivity index is 1.70. The molecule has 1 aromatic heterocycles. The predicted molar refractivity (Wildman–Crippen MR) is 90.8 cm³/mol. The third kappa shape index (κ3) is 3.13. The van der Waals surface area contributed by atoms with Crippen molar-refractivity contribution in [2.45, 2.75) is 6.42 Å². The molecule has 7 heteroatoms. The first kappa shape index (κ1) is 16.5. The number of aromatic hydroxyl groups is 1. The second kappa shape index (κ2) is 6.63. The van der Waals surface area contributed by atoms with Crippen LogP contribution in [0, 0.1) is 0 Å². The van der Waals surface area contributed by atoms with E-state index in [2.05, 4.69) is 10.3 Å². The first-order valence-corrected chi connectivity index (χ1v) is 7.89. The van der Waals surface area contributed by atoms with Crippen LogP contribution in [-0.2, 0) is 6.42 Å². The largest absolute Gasteiger partial charge is 0.505 e. The van der Waals surface area contributed by atoms with Crippen LogP contribution in [0.25, 0.3) is 0 Å². The lowest BCUT2D eigenvalue weighted by molar-refractivity contribution is 0.0974. The van der Waals surface area contributed by atoms with Gasteiger partial charge in [-0.1, -0.05) is 23.2 Å². The average molecular weight is 363 g/mol. The fourth-order valence-corrected chi connectivity index (χ4v) is 2.95. The van der Waals surface area contributed by atoms with E-state index >= 15 is 0 Å². The van der Waals surface area contributed by atoms with Gasteiger partial charge in [-0.3, -0.25) is 14.6 Å². The molecule has 0 spiro atoms. The Hall–Kier alpha value is -2.37. The lowest BCUT2D eigenvalue weighted by Crippen LogP contribution is -2.29. The molecule has 0 bridgehead atoms. The number of nitrogens with one attached hydrogen (secondary N) is 1. The Morgan fingerprint density at radius 1 is 1.17 bits per heavy atom. The van der Waals surface area contributed by atoms with Gasteiger partial charge in [-0.25, -0.2) is 0 Å². The maximum absolute atomic E-state index is 12.3. The van der Waals surface area contributed by atoms with Gasteiger partial charge in [0.05, 0.1) is 21.3 Å². The summed E-state index contributed by atoms with van der Waals surface area (Å²) < 4.78 is 0. The summed E-state index contributed by atoms with van der Waals surface area (Å²) in [6.45, 7) is 0.393. The van der Waals surface area contributed by atoms with Gasteiger partial charge in [-0.15, -0.1) is 0 Å². The SMILES string of the molecule is O=C1C=C(NCCc2cc(Cl)c(O)c(Cl)c2)C(=O)c2ncccc21. The van der Waals surface area contributed by atoms with Gasteiger partial charge in [0.15, 0.2) is 11.5 Å². The number of phenols is 1. The number of aromatic nitrogens is 1. The molecule has 0 unspecified atom stereocenters. The highest BCUT2D eigenvalue weighted by Crippen LogP contribution is 2.32. The Kier molecular flexibility index (Phi) is 4.55. The minimum absolute atomic E-state index is 0.156. The van der Waals surface area contributed by atoms with Crippen molar-refractivity contribution >= 4 is 34.8 Å². The van der Waals surface area contributed by atoms with E-state index in [-0.39, 0.29) is 38.8 Å². The fourth-order valence-electron chi connectivity index (χ4n) is 2.42. The number of hydrogen-bond acceptors (Lipinski definition) is 5. The van der Waals surface area contributed by atoms with E-state index in [1.54, 1.807) is 24.3 Å². The summed E-state index contributed by atoms with van der Waals surface area (Å²) in [6.07, 6.45) is 3.27. The van der Waals surface area contributed by atoms with Crippen LogP contribution in [0.2, 0.25) is 10.0 Å². The van der Waals surface area contributed by atoms with Gasteiger partial charge in [-0.05, 0) is 36.2 Å². The number of nitrogens with zero attached hydrogens (tertiary/aromatic N) is 1. The van der Waals surface area contributed by atoms with Gasteiger partial charge in [0.25, 0.3) is 0 Å². The normalized spacial score (nSPS) is 13.5. The summed E-state index contributed by atoms with van der Waals surface area (Å²) in [5.41, 5.74) is 1.47. The molecule has 0 saturated carbocycles. The summed E-state index contributed by atoms with van der Waals surface area (Å²) in [6, 6.07) is 6.40. The average Bonchev–Trinajstić information content (AvgIpc) is 2.57. The van der Waals surface area contributed by atoms with E-state index in [1.165, 1.54) is 12.3 Å². The Morgan fingerprint density at radius 2 is 1.88 bits per heavy atom. The predicted octanol–water partition coefficient (Wildman–Crippen LogP) is 3.19.